The number of rotatable bonds is 2. The molecule has 1 saturated carbocycles. The predicted octanol–water partition coefficient (Wildman–Crippen LogP) is 1.35. The summed E-state index contributed by atoms with van der Waals surface area (Å²) >= 11 is 0. The van der Waals surface area contributed by atoms with E-state index >= 15 is 0 Å². The van der Waals surface area contributed by atoms with Crippen molar-refractivity contribution in [2.75, 3.05) is 6.61 Å². The van der Waals surface area contributed by atoms with Gasteiger partial charge in [-0.15, -0.1) is 0 Å². The second kappa shape index (κ2) is 2.56. The van der Waals surface area contributed by atoms with Crippen molar-refractivity contribution in [1.29, 1.82) is 0 Å². The van der Waals surface area contributed by atoms with E-state index < -0.39 is 0 Å². The van der Waals surface area contributed by atoms with Crippen molar-refractivity contribution in [2.24, 2.45) is 5.92 Å². The standard InChI is InChI=1S/C10H13NO/c1-8-5-10(8,7-12)9-3-2-4-11-6-9/h2-4,6,8,12H,5,7H2,1H3. The lowest BCUT2D eigenvalue weighted by Gasteiger charge is -2.12. The molecule has 2 rings (SSSR count). The molecule has 0 amide bonds. The van der Waals surface area contributed by atoms with Gasteiger partial charge in [0.15, 0.2) is 0 Å². The van der Waals surface area contributed by atoms with Crippen LogP contribution in [0.15, 0.2) is 24.5 Å². The number of aliphatic hydroxyl groups excluding tert-OH is 1. The highest BCUT2D eigenvalue weighted by Gasteiger charge is 2.51. The molecule has 2 nitrogen and oxygen atoms in total. The lowest BCUT2D eigenvalue weighted by atomic mass is 9.96. The van der Waals surface area contributed by atoms with Crippen LogP contribution >= 0.6 is 0 Å². The molecule has 0 spiro atoms. The molecule has 64 valence electrons. The van der Waals surface area contributed by atoms with Gasteiger partial charge < -0.3 is 5.11 Å². The summed E-state index contributed by atoms with van der Waals surface area (Å²) in [4.78, 5) is 4.06. The van der Waals surface area contributed by atoms with E-state index in [1.165, 1.54) is 5.56 Å². The normalized spacial score (nSPS) is 33.3. The molecule has 2 heteroatoms. The minimum atomic E-state index is 0.0360. The molecule has 1 aromatic rings. The molecule has 1 fully saturated rings. The third kappa shape index (κ3) is 0.950. The van der Waals surface area contributed by atoms with Gasteiger partial charge in [0, 0.05) is 17.8 Å². The fraction of sp³-hybridized carbons (Fsp3) is 0.500. The Labute approximate surface area is 72.3 Å². The molecule has 0 radical (unpaired) electrons. The smallest absolute Gasteiger partial charge is 0.0531 e. The van der Waals surface area contributed by atoms with Gasteiger partial charge in [-0.05, 0) is 24.0 Å². The average molecular weight is 163 g/mol. The summed E-state index contributed by atoms with van der Waals surface area (Å²) < 4.78 is 0. The van der Waals surface area contributed by atoms with Crippen molar-refractivity contribution in [3.8, 4) is 0 Å². The van der Waals surface area contributed by atoms with Gasteiger partial charge in [-0.2, -0.15) is 0 Å². The number of aliphatic hydroxyl groups is 1. The molecule has 0 aliphatic heterocycles. The highest BCUT2D eigenvalue weighted by Crippen LogP contribution is 2.53. The fourth-order valence-electron chi connectivity index (χ4n) is 1.86. The minimum absolute atomic E-state index is 0.0360. The van der Waals surface area contributed by atoms with E-state index in [1.807, 2.05) is 18.3 Å². The van der Waals surface area contributed by atoms with Crippen molar-refractivity contribution in [1.82, 2.24) is 4.98 Å². The van der Waals surface area contributed by atoms with Crippen molar-refractivity contribution in [3.05, 3.63) is 30.1 Å². The first-order valence-corrected chi connectivity index (χ1v) is 4.31. The third-order valence-corrected chi connectivity index (χ3v) is 2.97. The van der Waals surface area contributed by atoms with Gasteiger partial charge in [0.05, 0.1) is 6.61 Å². The van der Waals surface area contributed by atoms with Crippen molar-refractivity contribution < 1.29 is 5.11 Å². The number of aromatic nitrogens is 1. The molecule has 12 heavy (non-hydrogen) atoms. The Balaban J connectivity index is 2.31. The molecule has 1 aromatic heterocycles. The van der Waals surface area contributed by atoms with Gasteiger partial charge in [0.2, 0.25) is 0 Å². The Morgan fingerprint density at radius 2 is 2.50 bits per heavy atom. The van der Waals surface area contributed by atoms with Crippen LogP contribution in [0, 0.1) is 5.92 Å². The topological polar surface area (TPSA) is 33.1 Å². The molecule has 2 atom stereocenters. The molecule has 0 saturated heterocycles. The predicted molar refractivity (Wildman–Crippen MR) is 46.8 cm³/mol. The van der Waals surface area contributed by atoms with Crippen LogP contribution in [0.4, 0.5) is 0 Å². The first-order valence-electron chi connectivity index (χ1n) is 4.31. The maximum absolute atomic E-state index is 9.25. The van der Waals surface area contributed by atoms with Gasteiger partial charge in [0.1, 0.15) is 0 Å². The van der Waals surface area contributed by atoms with Crippen LogP contribution in [0.1, 0.15) is 18.9 Å². The van der Waals surface area contributed by atoms with Gasteiger partial charge in [-0.1, -0.05) is 13.0 Å². The Morgan fingerprint density at radius 3 is 2.92 bits per heavy atom. The van der Waals surface area contributed by atoms with E-state index in [0.717, 1.165) is 6.42 Å². The molecule has 0 bridgehead atoms. The summed E-state index contributed by atoms with van der Waals surface area (Å²) in [6.45, 7) is 2.42. The van der Waals surface area contributed by atoms with Crippen molar-refractivity contribution >= 4 is 0 Å². The Morgan fingerprint density at radius 1 is 1.75 bits per heavy atom. The first-order chi connectivity index (χ1) is 5.79. The zero-order chi connectivity index (χ0) is 8.60. The SMILES string of the molecule is CC1CC1(CO)c1cccnc1. The number of nitrogens with zero attached hydrogens (tertiary/aromatic N) is 1. The van der Waals surface area contributed by atoms with Crippen LogP contribution in [0.2, 0.25) is 0 Å². The van der Waals surface area contributed by atoms with E-state index in [-0.39, 0.29) is 12.0 Å². The second-order valence-corrected chi connectivity index (χ2v) is 3.66. The molecule has 1 aliphatic rings. The van der Waals surface area contributed by atoms with Crippen LogP contribution in [0.5, 0.6) is 0 Å². The van der Waals surface area contributed by atoms with Crippen molar-refractivity contribution in [2.45, 2.75) is 18.8 Å². The van der Waals surface area contributed by atoms with Crippen molar-refractivity contribution in [3.63, 3.8) is 0 Å². The molecule has 1 N–H and O–H groups in total. The zero-order valence-electron chi connectivity index (χ0n) is 7.20. The number of hydrogen-bond donors (Lipinski definition) is 1. The lowest BCUT2D eigenvalue weighted by molar-refractivity contribution is 0.247. The van der Waals surface area contributed by atoms with E-state index in [0.29, 0.717) is 5.92 Å². The van der Waals surface area contributed by atoms with Gasteiger partial charge in [-0.25, -0.2) is 0 Å². The molecule has 1 aliphatic carbocycles. The van der Waals surface area contributed by atoms with Crippen LogP contribution in [0.25, 0.3) is 0 Å². The number of hydrogen-bond acceptors (Lipinski definition) is 2. The Kier molecular flexibility index (Phi) is 1.65. The number of pyridine rings is 1. The highest BCUT2D eigenvalue weighted by atomic mass is 16.3. The van der Waals surface area contributed by atoms with Crippen LogP contribution < -0.4 is 0 Å². The average Bonchev–Trinajstić information content (AvgIpc) is 2.80. The summed E-state index contributed by atoms with van der Waals surface area (Å²) in [5.41, 5.74) is 1.22. The quantitative estimate of drug-likeness (QED) is 0.714. The summed E-state index contributed by atoms with van der Waals surface area (Å²) in [6.07, 6.45) is 4.72. The minimum Gasteiger partial charge on any atom is -0.395 e. The van der Waals surface area contributed by atoms with Gasteiger partial charge in [0.25, 0.3) is 0 Å². The maximum Gasteiger partial charge on any atom is 0.0531 e. The zero-order valence-corrected chi connectivity index (χ0v) is 7.20. The van der Waals surface area contributed by atoms with Gasteiger partial charge >= 0.3 is 0 Å². The van der Waals surface area contributed by atoms with E-state index in [9.17, 15) is 5.11 Å². The third-order valence-electron chi connectivity index (χ3n) is 2.97. The van der Waals surface area contributed by atoms with Crippen LogP contribution in [-0.4, -0.2) is 16.7 Å². The molecular weight excluding hydrogens is 150 g/mol. The maximum atomic E-state index is 9.25. The summed E-state index contributed by atoms with van der Waals surface area (Å²) in [6, 6.07) is 3.98. The first kappa shape index (κ1) is 7.74. The molecule has 0 aromatic carbocycles. The van der Waals surface area contributed by atoms with Crippen LogP contribution in [-0.2, 0) is 5.41 Å². The largest absolute Gasteiger partial charge is 0.395 e. The summed E-state index contributed by atoms with van der Waals surface area (Å²) in [7, 11) is 0. The summed E-state index contributed by atoms with van der Waals surface area (Å²) in [5, 5.41) is 9.25. The lowest BCUT2D eigenvalue weighted by Crippen LogP contribution is -2.14. The summed E-state index contributed by atoms with van der Waals surface area (Å²) in [5.74, 6) is 0.603. The second-order valence-electron chi connectivity index (χ2n) is 3.66. The van der Waals surface area contributed by atoms with E-state index in [1.54, 1.807) is 6.20 Å². The van der Waals surface area contributed by atoms with Crippen LogP contribution in [0.3, 0.4) is 0 Å². The van der Waals surface area contributed by atoms with E-state index in [4.69, 9.17) is 0 Å². The Hall–Kier alpha value is -0.890. The Bertz CT molecular complexity index is 268. The molecule has 2 unspecified atom stereocenters. The fourth-order valence-corrected chi connectivity index (χ4v) is 1.86. The molecule has 1 heterocycles. The highest BCUT2D eigenvalue weighted by molar-refractivity contribution is 5.30. The molecular formula is C10H13NO. The van der Waals surface area contributed by atoms with E-state index in [2.05, 4.69) is 11.9 Å². The monoisotopic (exact) mass is 163 g/mol. The van der Waals surface area contributed by atoms with Gasteiger partial charge in [-0.3, -0.25) is 4.98 Å².